The van der Waals surface area contributed by atoms with Gasteiger partial charge in [-0.3, -0.25) is 14.7 Å². The molecule has 7 heteroatoms. The fraction of sp³-hybridized carbons (Fsp3) is 0.217. The molecule has 1 aliphatic heterocycles. The summed E-state index contributed by atoms with van der Waals surface area (Å²) in [6.45, 7) is 2.87. The van der Waals surface area contributed by atoms with Gasteiger partial charge >= 0.3 is 0 Å². The number of ether oxygens (including phenoxy) is 1. The van der Waals surface area contributed by atoms with E-state index in [1.165, 1.54) is 11.3 Å². The molecule has 0 spiro atoms. The number of carbonyl (C=O) groups is 1. The van der Waals surface area contributed by atoms with Gasteiger partial charge in [-0.25, -0.2) is 0 Å². The van der Waals surface area contributed by atoms with E-state index in [2.05, 4.69) is 15.2 Å². The molecular weight excluding hydrogens is 398 g/mol. The van der Waals surface area contributed by atoms with Crippen LogP contribution in [-0.4, -0.2) is 42.1 Å². The van der Waals surface area contributed by atoms with E-state index in [9.17, 15) is 4.79 Å². The van der Waals surface area contributed by atoms with Gasteiger partial charge in [0.05, 0.1) is 29.8 Å². The molecule has 1 aliphatic rings. The lowest BCUT2D eigenvalue weighted by Crippen LogP contribution is -2.39. The third-order valence-electron chi connectivity index (χ3n) is 5.27. The topological polar surface area (TPSA) is 67.6 Å². The number of aromatic nitrogens is 1. The predicted molar refractivity (Wildman–Crippen MR) is 117 cm³/mol. The highest BCUT2D eigenvalue weighted by molar-refractivity contribution is 7.12. The van der Waals surface area contributed by atoms with Gasteiger partial charge in [0.15, 0.2) is 5.76 Å². The molecule has 1 saturated heterocycles. The number of amides is 1. The number of furan rings is 1. The van der Waals surface area contributed by atoms with Crippen LogP contribution in [0.4, 0.5) is 5.69 Å². The Balaban J connectivity index is 1.64. The number of rotatable bonds is 5. The van der Waals surface area contributed by atoms with E-state index in [0.29, 0.717) is 23.8 Å². The molecule has 1 atom stereocenters. The molecule has 1 aromatic carbocycles. The number of thiophene rings is 1. The minimum atomic E-state index is -0.173. The highest BCUT2D eigenvalue weighted by Gasteiger charge is 2.31. The van der Waals surface area contributed by atoms with Crippen molar-refractivity contribution in [2.45, 2.75) is 6.04 Å². The molecule has 5 rings (SSSR count). The Morgan fingerprint density at radius 2 is 1.97 bits per heavy atom. The summed E-state index contributed by atoms with van der Waals surface area (Å²) in [6.07, 6.45) is 3.62. The van der Waals surface area contributed by atoms with E-state index in [1.807, 2.05) is 60.1 Å². The lowest BCUT2D eigenvalue weighted by Gasteiger charge is -2.33. The molecule has 30 heavy (non-hydrogen) atoms. The zero-order valence-electron chi connectivity index (χ0n) is 16.3. The number of carbonyl (C=O) groups excluding carboxylic acids is 1. The summed E-state index contributed by atoms with van der Waals surface area (Å²) < 4.78 is 11.9. The number of morpholine rings is 1. The highest BCUT2D eigenvalue weighted by atomic mass is 32.1. The second-order valence-electron chi connectivity index (χ2n) is 7.11. The lowest BCUT2D eigenvalue weighted by molar-refractivity contribution is 0.0205. The number of para-hydroxylation sites is 1. The highest BCUT2D eigenvalue weighted by Crippen LogP contribution is 2.40. The molecule has 1 amide bonds. The number of fused-ring (bicyclic) bond motifs is 1. The number of benzene rings is 1. The predicted octanol–water partition coefficient (Wildman–Crippen LogP) is 4.56. The first-order valence-corrected chi connectivity index (χ1v) is 10.8. The summed E-state index contributed by atoms with van der Waals surface area (Å²) in [5.41, 5.74) is 2.48. The van der Waals surface area contributed by atoms with E-state index in [-0.39, 0.29) is 11.9 Å². The van der Waals surface area contributed by atoms with Crippen molar-refractivity contribution >= 4 is 33.9 Å². The summed E-state index contributed by atoms with van der Waals surface area (Å²) in [4.78, 5) is 20.2. The van der Waals surface area contributed by atoms with Crippen molar-refractivity contribution in [3.8, 4) is 0 Å². The van der Waals surface area contributed by atoms with E-state index in [0.717, 1.165) is 35.4 Å². The molecule has 0 aliphatic carbocycles. The van der Waals surface area contributed by atoms with Crippen molar-refractivity contribution in [3.63, 3.8) is 0 Å². The maximum Gasteiger partial charge on any atom is 0.265 e. The van der Waals surface area contributed by atoms with Gasteiger partial charge in [-0.2, -0.15) is 0 Å². The second kappa shape index (κ2) is 8.39. The van der Waals surface area contributed by atoms with Crippen LogP contribution < -0.4 is 5.32 Å². The van der Waals surface area contributed by atoms with Gasteiger partial charge in [0, 0.05) is 30.9 Å². The van der Waals surface area contributed by atoms with Gasteiger partial charge in [-0.05, 0) is 35.2 Å². The van der Waals surface area contributed by atoms with Crippen molar-refractivity contribution in [2.24, 2.45) is 0 Å². The van der Waals surface area contributed by atoms with Crippen LogP contribution in [0.5, 0.6) is 0 Å². The monoisotopic (exact) mass is 419 g/mol. The largest absolute Gasteiger partial charge is 0.457 e. The van der Waals surface area contributed by atoms with Crippen LogP contribution in [0.25, 0.3) is 11.0 Å². The van der Waals surface area contributed by atoms with Crippen LogP contribution in [0, 0.1) is 0 Å². The van der Waals surface area contributed by atoms with E-state index in [1.54, 1.807) is 6.20 Å². The normalized spacial score (nSPS) is 15.9. The maximum absolute atomic E-state index is 12.9. The van der Waals surface area contributed by atoms with Crippen LogP contribution in [0.3, 0.4) is 0 Å². The first-order valence-electron chi connectivity index (χ1n) is 9.89. The average molecular weight is 420 g/mol. The zero-order chi connectivity index (χ0) is 20.3. The summed E-state index contributed by atoms with van der Waals surface area (Å²) in [5.74, 6) is 0.584. The summed E-state index contributed by atoms with van der Waals surface area (Å²) in [5, 5.41) is 5.91. The Kier molecular flexibility index (Phi) is 5.31. The number of nitrogens with zero attached hydrogens (tertiary/aromatic N) is 2. The number of nitrogens with one attached hydrogen (secondary N) is 1. The van der Waals surface area contributed by atoms with Crippen LogP contribution >= 0.6 is 11.3 Å². The third kappa shape index (κ3) is 3.63. The lowest BCUT2D eigenvalue weighted by atomic mass is 10.0. The maximum atomic E-state index is 12.9. The fourth-order valence-electron chi connectivity index (χ4n) is 3.87. The molecule has 3 aromatic heterocycles. The number of anilines is 1. The van der Waals surface area contributed by atoms with Crippen molar-refractivity contribution in [1.29, 1.82) is 0 Å². The van der Waals surface area contributed by atoms with Crippen molar-refractivity contribution in [3.05, 3.63) is 82.5 Å². The summed E-state index contributed by atoms with van der Waals surface area (Å²) in [7, 11) is 0. The molecule has 0 radical (unpaired) electrons. The second-order valence-corrected chi connectivity index (χ2v) is 8.05. The zero-order valence-corrected chi connectivity index (χ0v) is 17.1. The van der Waals surface area contributed by atoms with Crippen molar-refractivity contribution < 1.29 is 13.9 Å². The Labute approximate surface area is 178 Å². The fourth-order valence-corrected chi connectivity index (χ4v) is 4.49. The molecule has 1 unspecified atom stereocenters. The van der Waals surface area contributed by atoms with Crippen LogP contribution in [0.15, 0.2) is 70.7 Å². The van der Waals surface area contributed by atoms with Gasteiger partial charge < -0.3 is 14.5 Å². The van der Waals surface area contributed by atoms with E-state index < -0.39 is 0 Å². The number of pyridine rings is 1. The standard InChI is InChI=1S/C23H21N3O3S/c27-23(19-8-4-14-30-19)25-20-17-6-1-2-7-18(17)29-22(20)21(16-5-3-9-24-15-16)26-10-12-28-13-11-26/h1-9,14-15,21H,10-13H2,(H,25,27). The molecule has 1 N–H and O–H groups in total. The van der Waals surface area contributed by atoms with Crippen molar-refractivity contribution in [1.82, 2.24) is 9.88 Å². The quantitative estimate of drug-likeness (QED) is 0.514. The SMILES string of the molecule is O=C(Nc1c(C(c2cccnc2)N2CCOCC2)oc2ccccc12)c1cccs1. The molecular formula is C23H21N3O3S. The van der Waals surface area contributed by atoms with Gasteiger partial charge in [-0.1, -0.05) is 24.3 Å². The first kappa shape index (κ1) is 19.0. The van der Waals surface area contributed by atoms with Gasteiger partial charge in [-0.15, -0.1) is 11.3 Å². The molecule has 6 nitrogen and oxygen atoms in total. The molecule has 1 fully saturated rings. The average Bonchev–Trinajstić information content (AvgIpc) is 3.45. The molecule has 4 aromatic rings. The third-order valence-corrected chi connectivity index (χ3v) is 6.13. The molecule has 0 saturated carbocycles. The Morgan fingerprint density at radius 1 is 1.10 bits per heavy atom. The minimum absolute atomic E-state index is 0.135. The van der Waals surface area contributed by atoms with Crippen LogP contribution in [-0.2, 0) is 4.74 Å². The van der Waals surface area contributed by atoms with E-state index >= 15 is 0 Å². The van der Waals surface area contributed by atoms with Crippen molar-refractivity contribution in [2.75, 3.05) is 31.6 Å². The Morgan fingerprint density at radius 3 is 2.73 bits per heavy atom. The van der Waals surface area contributed by atoms with E-state index in [4.69, 9.17) is 9.15 Å². The number of hydrogen-bond acceptors (Lipinski definition) is 6. The van der Waals surface area contributed by atoms with Gasteiger partial charge in [0.1, 0.15) is 5.58 Å². The Hall–Kier alpha value is -3.00. The molecule has 4 heterocycles. The smallest absolute Gasteiger partial charge is 0.265 e. The Bertz CT molecular complexity index is 1140. The summed E-state index contributed by atoms with van der Waals surface area (Å²) >= 11 is 1.42. The van der Waals surface area contributed by atoms with Gasteiger partial charge in [0.2, 0.25) is 0 Å². The molecule has 0 bridgehead atoms. The van der Waals surface area contributed by atoms with Gasteiger partial charge in [0.25, 0.3) is 5.91 Å². The van der Waals surface area contributed by atoms with Crippen LogP contribution in [0.1, 0.15) is 27.0 Å². The summed E-state index contributed by atoms with van der Waals surface area (Å²) in [6, 6.07) is 15.3. The number of hydrogen-bond donors (Lipinski definition) is 1. The van der Waals surface area contributed by atoms with Crippen LogP contribution in [0.2, 0.25) is 0 Å². The minimum Gasteiger partial charge on any atom is -0.457 e. The first-order chi connectivity index (χ1) is 14.8. The molecule has 152 valence electrons.